The Bertz CT molecular complexity index is 516. The van der Waals surface area contributed by atoms with Gasteiger partial charge in [-0.15, -0.1) is 0 Å². The lowest BCUT2D eigenvalue weighted by molar-refractivity contribution is 0.316. The second-order valence-electron chi connectivity index (χ2n) is 3.76. The van der Waals surface area contributed by atoms with E-state index in [0.717, 1.165) is 29.2 Å². The molecule has 0 saturated heterocycles. The van der Waals surface area contributed by atoms with E-state index in [0.29, 0.717) is 6.61 Å². The summed E-state index contributed by atoms with van der Waals surface area (Å²) in [7, 11) is 1.82. The topological polar surface area (TPSA) is 59.9 Å². The largest absolute Gasteiger partial charge is 0.492 e. The van der Waals surface area contributed by atoms with Crippen LogP contribution in [0.15, 0.2) is 30.9 Å². The molecule has 1 N–H and O–H groups in total. The molecular weight excluding hydrogens is 228 g/mol. The summed E-state index contributed by atoms with van der Waals surface area (Å²) in [6, 6.07) is 1.92. The predicted molar refractivity (Wildman–Crippen MR) is 70.6 cm³/mol. The van der Waals surface area contributed by atoms with Gasteiger partial charge in [0.15, 0.2) is 5.82 Å². The molecule has 0 spiro atoms. The fourth-order valence-corrected chi connectivity index (χ4v) is 1.58. The standard InChI is InChI=1S/C13H16N4O/c1-3-6-18-11-7-10(8-15-9-11)12-13(14-2)17-5-4-16-12/h4-5,7-9H,3,6H2,1-2H3,(H,14,17). The Morgan fingerprint density at radius 2 is 2.06 bits per heavy atom. The van der Waals surface area contributed by atoms with Crippen molar-refractivity contribution >= 4 is 5.82 Å². The van der Waals surface area contributed by atoms with Crippen molar-refractivity contribution in [3.05, 3.63) is 30.9 Å². The fourth-order valence-electron chi connectivity index (χ4n) is 1.58. The molecule has 0 aliphatic rings. The van der Waals surface area contributed by atoms with Crippen LogP contribution in [-0.2, 0) is 0 Å². The van der Waals surface area contributed by atoms with Crippen molar-refractivity contribution < 1.29 is 4.74 Å². The average Bonchev–Trinajstić information content (AvgIpc) is 2.45. The van der Waals surface area contributed by atoms with Gasteiger partial charge in [-0.1, -0.05) is 6.92 Å². The van der Waals surface area contributed by atoms with Gasteiger partial charge in [0.2, 0.25) is 0 Å². The van der Waals surface area contributed by atoms with Crippen molar-refractivity contribution in [1.82, 2.24) is 15.0 Å². The molecule has 5 heteroatoms. The van der Waals surface area contributed by atoms with Gasteiger partial charge in [0, 0.05) is 31.2 Å². The first-order chi connectivity index (χ1) is 8.85. The van der Waals surface area contributed by atoms with Crippen molar-refractivity contribution in [2.75, 3.05) is 19.0 Å². The van der Waals surface area contributed by atoms with E-state index < -0.39 is 0 Å². The molecule has 2 aromatic heterocycles. The number of hydrogen-bond donors (Lipinski definition) is 1. The number of aromatic nitrogens is 3. The maximum atomic E-state index is 5.56. The molecule has 0 saturated carbocycles. The normalized spacial score (nSPS) is 10.1. The first kappa shape index (κ1) is 12.3. The highest BCUT2D eigenvalue weighted by Crippen LogP contribution is 2.25. The average molecular weight is 244 g/mol. The van der Waals surface area contributed by atoms with Gasteiger partial charge >= 0.3 is 0 Å². The molecule has 0 radical (unpaired) electrons. The number of anilines is 1. The molecule has 2 rings (SSSR count). The number of hydrogen-bond acceptors (Lipinski definition) is 5. The number of nitrogens with zero attached hydrogens (tertiary/aromatic N) is 3. The van der Waals surface area contributed by atoms with E-state index in [9.17, 15) is 0 Å². The highest BCUT2D eigenvalue weighted by atomic mass is 16.5. The third kappa shape index (κ3) is 2.74. The molecule has 0 fully saturated rings. The molecule has 0 bridgehead atoms. The summed E-state index contributed by atoms with van der Waals surface area (Å²) >= 11 is 0. The summed E-state index contributed by atoms with van der Waals surface area (Å²) in [6.07, 6.45) is 7.74. The van der Waals surface area contributed by atoms with Crippen molar-refractivity contribution in [2.45, 2.75) is 13.3 Å². The Kier molecular flexibility index (Phi) is 4.06. The SMILES string of the molecule is CCCOc1cncc(-c2nccnc2NC)c1. The lowest BCUT2D eigenvalue weighted by Gasteiger charge is -2.08. The highest BCUT2D eigenvalue weighted by molar-refractivity contribution is 5.71. The van der Waals surface area contributed by atoms with Crippen LogP contribution in [0.4, 0.5) is 5.82 Å². The van der Waals surface area contributed by atoms with Gasteiger partial charge in [0.25, 0.3) is 0 Å². The van der Waals surface area contributed by atoms with Crippen LogP contribution in [0.1, 0.15) is 13.3 Å². The van der Waals surface area contributed by atoms with Crippen LogP contribution in [0.3, 0.4) is 0 Å². The lowest BCUT2D eigenvalue weighted by Crippen LogP contribution is -1.99. The summed E-state index contributed by atoms with van der Waals surface area (Å²) in [6.45, 7) is 2.75. The molecule has 0 amide bonds. The fraction of sp³-hybridized carbons (Fsp3) is 0.308. The van der Waals surface area contributed by atoms with Gasteiger partial charge in [0.05, 0.1) is 12.8 Å². The van der Waals surface area contributed by atoms with Gasteiger partial charge < -0.3 is 10.1 Å². The van der Waals surface area contributed by atoms with Crippen LogP contribution in [0.5, 0.6) is 5.75 Å². The second-order valence-corrected chi connectivity index (χ2v) is 3.76. The molecule has 2 heterocycles. The van der Waals surface area contributed by atoms with Gasteiger partial charge in [0.1, 0.15) is 11.4 Å². The van der Waals surface area contributed by atoms with Crippen molar-refractivity contribution in [3.63, 3.8) is 0 Å². The smallest absolute Gasteiger partial charge is 0.152 e. The van der Waals surface area contributed by atoms with E-state index in [1.165, 1.54) is 0 Å². The highest BCUT2D eigenvalue weighted by Gasteiger charge is 2.07. The summed E-state index contributed by atoms with van der Waals surface area (Å²) in [5.74, 6) is 1.48. The van der Waals surface area contributed by atoms with Gasteiger partial charge in [-0.3, -0.25) is 9.97 Å². The van der Waals surface area contributed by atoms with Crippen LogP contribution in [0, 0.1) is 0 Å². The minimum Gasteiger partial charge on any atom is -0.492 e. The van der Waals surface area contributed by atoms with Crippen LogP contribution < -0.4 is 10.1 Å². The number of pyridine rings is 1. The van der Waals surface area contributed by atoms with E-state index in [2.05, 4.69) is 27.2 Å². The zero-order valence-corrected chi connectivity index (χ0v) is 10.6. The minimum absolute atomic E-state index is 0.685. The summed E-state index contributed by atoms with van der Waals surface area (Å²) in [4.78, 5) is 12.7. The quantitative estimate of drug-likeness (QED) is 0.875. The summed E-state index contributed by atoms with van der Waals surface area (Å²) in [5.41, 5.74) is 1.66. The monoisotopic (exact) mass is 244 g/mol. The minimum atomic E-state index is 0.685. The Hall–Kier alpha value is -2.17. The molecule has 0 aliphatic heterocycles. The molecule has 2 aromatic rings. The molecule has 0 atom stereocenters. The zero-order chi connectivity index (χ0) is 12.8. The van der Waals surface area contributed by atoms with Crippen molar-refractivity contribution in [2.24, 2.45) is 0 Å². The van der Waals surface area contributed by atoms with Crippen LogP contribution in [0.25, 0.3) is 11.3 Å². The molecule has 0 unspecified atom stereocenters. The Balaban J connectivity index is 2.32. The van der Waals surface area contributed by atoms with E-state index >= 15 is 0 Å². The van der Waals surface area contributed by atoms with Crippen molar-refractivity contribution in [3.8, 4) is 17.0 Å². The van der Waals surface area contributed by atoms with E-state index in [1.54, 1.807) is 24.8 Å². The lowest BCUT2D eigenvalue weighted by atomic mass is 10.2. The van der Waals surface area contributed by atoms with Gasteiger partial charge in [-0.25, -0.2) is 4.98 Å². The van der Waals surface area contributed by atoms with Crippen LogP contribution in [-0.4, -0.2) is 28.6 Å². The Labute approximate surface area is 106 Å². The maximum Gasteiger partial charge on any atom is 0.152 e. The summed E-state index contributed by atoms with van der Waals surface area (Å²) in [5, 5.41) is 3.01. The van der Waals surface area contributed by atoms with Crippen LogP contribution in [0.2, 0.25) is 0 Å². The molecule has 0 aliphatic carbocycles. The first-order valence-corrected chi connectivity index (χ1v) is 5.92. The molecule has 18 heavy (non-hydrogen) atoms. The summed E-state index contributed by atoms with van der Waals surface area (Å²) < 4.78 is 5.56. The predicted octanol–water partition coefficient (Wildman–Crippen LogP) is 2.37. The Morgan fingerprint density at radius 3 is 2.83 bits per heavy atom. The second kappa shape index (κ2) is 5.95. The van der Waals surface area contributed by atoms with E-state index in [-0.39, 0.29) is 0 Å². The van der Waals surface area contributed by atoms with Gasteiger partial charge in [-0.2, -0.15) is 0 Å². The Morgan fingerprint density at radius 1 is 1.22 bits per heavy atom. The third-order valence-electron chi connectivity index (χ3n) is 2.39. The molecule has 94 valence electrons. The molecule has 0 aromatic carbocycles. The van der Waals surface area contributed by atoms with Gasteiger partial charge in [-0.05, 0) is 12.5 Å². The first-order valence-electron chi connectivity index (χ1n) is 5.92. The van der Waals surface area contributed by atoms with Crippen LogP contribution >= 0.6 is 0 Å². The van der Waals surface area contributed by atoms with Crippen molar-refractivity contribution in [1.29, 1.82) is 0 Å². The number of rotatable bonds is 5. The third-order valence-corrected chi connectivity index (χ3v) is 2.39. The molecule has 5 nitrogen and oxygen atoms in total. The van der Waals surface area contributed by atoms with E-state index in [4.69, 9.17) is 4.74 Å². The maximum absolute atomic E-state index is 5.56. The molecular formula is C13H16N4O. The number of nitrogens with one attached hydrogen (secondary N) is 1. The number of ether oxygens (including phenoxy) is 1. The zero-order valence-electron chi connectivity index (χ0n) is 10.6. The van der Waals surface area contributed by atoms with E-state index in [1.807, 2.05) is 13.1 Å².